The fourth-order valence-electron chi connectivity index (χ4n) is 2.06. The van der Waals surface area contributed by atoms with Crippen LogP contribution in [0.5, 0.6) is 0 Å². The number of hydrogen-bond donors (Lipinski definition) is 1. The molecule has 3 aromatic rings. The van der Waals surface area contributed by atoms with Crippen molar-refractivity contribution in [3.05, 3.63) is 58.4 Å². The molecule has 0 spiro atoms. The molecule has 0 radical (unpaired) electrons. The summed E-state index contributed by atoms with van der Waals surface area (Å²) in [6.45, 7) is 0.927. The van der Waals surface area contributed by atoms with Crippen molar-refractivity contribution in [2.45, 2.75) is 13.2 Å². The molecule has 0 aromatic carbocycles. The van der Waals surface area contributed by atoms with Gasteiger partial charge in [-0.2, -0.15) is 5.10 Å². The molecule has 8 heteroatoms. The molecule has 0 aliphatic rings. The molecule has 0 saturated carbocycles. The number of ether oxygens (including phenoxy) is 1. The molecule has 0 aliphatic carbocycles. The number of aromatic nitrogens is 4. The number of rotatable bonds is 6. The molecule has 0 saturated heterocycles. The van der Waals surface area contributed by atoms with Crippen molar-refractivity contribution in [2.24, 2.45) is 0 Å². The molecule has 0 fully saturated rings. The van der Waals surface area contributed by atoms with Crippen LogP contribution in [-0.4, -0.2) is 32.8 Å². The Labute approximate surface area is 137 Å². The van der Waals surface area contributed by atoms with Gasteiger partial charge in [-0.15, -0.1) is 11.3 Å². The number of carbonyl (C=O) groups excluding carboxylic acids is 1. The lowest BCUT2D eigenvalue weighted by Crippen LogP contribution is -2.13. The number of methoxy groups -OCH3 is 1. The SMILES string of the molecule is COCc1ncsc1C(=O)Nc1ccn(Cc2ccncc2)n1. The number of hydrogen-bond acceptors (Lipinski definition) is 6. The van der Waals surface area contributed by atoms with Gasteiger partial charge in [-0.05, 0) is 17.7 Å². The fraction of sp³-hybridized carbons (Fsp3) is 0.200. The van der Waals surface area contributed by atoms with E-state index in [1.807, 2.05) is 18.3 Å². The van der Waals surface area contributed by atoms with E-state index in [9.17, 15) is 4.79 Å². The maximum Gasteiger partial charge on any atom is 0.268 e. The number of thiazole rings is 1. The summed E-state index contributed by atoms with van der Waals surface area (Å²) in [5.74, 6) is 0.273. The van der Waals surface area contributed by atoms with Crippen LogP contribution in [0.25, 0.3) is 0 Å². The quantitative estimate of drug-likeness (QED) is 0.749. The first-order valence-electron chi connectivity index (χ1n) is 6.91. The Bertz CT molecular complexity index is 784. The van der Waals surface area contributed by atoms with Crippen molar-refractivity contribution >= 4 is 23.1 Å². The Balaban J connectivity index is 1.66. The molecule has 3 aromatic heterocycles. The predicted molar refractivity (Wildman–Crippen MR) is 86.3 cm³/mol. The summed E-state index contributed by atoms with van der Waals surface area (Å²) in [7, 11) is 1.57. The van der Waals surface area contributed by atoms with Crippen LogP contribution in [0.4, 0.5) is 5.82 Å². The molecular formula is C15H15N5O2S. The molecule has 0 unspecified atom stereocenters. The molecule has 23 heavy (non-hydrogen) atoms. The van der Waals surface area contributed by atoms with E-state index in [2.05, 4.69) is 20.4 Å². The molecular weight excluding hydrogens is 314 g/mol. The molecule has 7 nitrogen and oxygen atoms in total. The molecule has 118 valence electrons. The van der Waals surface area contributed by atoms with Gasteiger partial charge in [0, 0.05) is 31.8 Å². The third-order valence-electron chi connectivity index (χ3n) is 3.10. The first-order valence-corrected chi connectivity index (χ1v) is 7.79. The van der Waals surface area contributed by atoms with Gasteiger partial charge in [0.25, 0.3) is 5.91 Å². The minimum Gasteiger partial charge on any atom is -0.378 e. The minimum absolute atomic E-state index is 0.228. The number of anilines is 1. The Kier molecular flexibility index (Phi) is 4.74. The third-order valence-corrected chi connectivity index (χ3v) is 3.97. The maximum atomic E-state index is 12.3. The molecule has 0 atom stereocenters. The summed E-state index contributed by atoms with van der Waals surface area (Å²) in [5, 5.41) is 7.13. The van der Waals surface area contributed by atoms with Crippen LogP contribution in [0.1, 0.15) is 20.9 Å². The van der Waals surface area contributed by atoms with Gasteiger partial charge in [-0.3, -0.25) is 14.5 Å². The van der Waals surface area contributed by atoms with Crippen LogP contribution >= 0.6 is 11.3 Å². The van der Waals surface area contributed by atoms with Crippen molar-refractivity contribution in [1.82, 2.24) is 19.7 Å². The van der Waals surface area contributed by atoms with E-state index in [0.717, 1.165) is 5.56 Å². The molecule has 3 heterocycles. The van der Waals surface area contributed by atoms with Gasteiger partial charge >= 0.3 is 0 Å². The topological polar surface area (TPSA) is 81.9 Å². The summed E-state index contributed by atoms with van der Waals surface area (Å²) < 4.78 is 6.79. The number of carbonyl (C=O) groups is 1. The zero-order valence-corrected chi connectivity index (χ0v) is 13.3. The Morgan fingerprint density at radius 2 is 2.17 bits per heavy atom. The summed E-state index contributed by atoms with van der Waals surface area (Å²) in [5.41, 5.74) is 3.35. The van der Waals surface area contributed by atoms with Gasteiger partial charge < -0.3 is 10.1 Å². The standard InChI is InChI=1S/C15H15N5O2S/c1-22-9-12-14(23-10-17-12)15(21)18-13-4-7-20(19-13)8-11-2-5-16-6-3-11/h2-7,10H,8-9H2,1H3,(H,18,19,21). The predicted octanol–water partition coefficient (Wildman–Crippen LogP) is 2.18. The zero-order chi connectivity index (χ0) is 16.1. The molecule has 1 amide bonds. The summed E-state index contributed by atoms with van der Waals surface area (Å²) in [4.78, 5) is 20.9. The van der Waals surface area contributed by atoms with E-state index >= 15 is 0 Å². The van der Waals surface area contributed by atoms with Gasteiger partial charge in [-0.1, -0.05) is 0 Å². The molecule has 1 N–H and O–H groups in total. The molecule has 0 aliphatic heterocycles. The van der Waals surface area contributed by atoms with Gasteiger partial charge in [0.15, 0.2) is 5.82 Å². The van der Waals surface area contributed by atoms with Gasteiger partial charge in [-0.25, -0.2) is 4.98 Å². The second-order valence-electron chi connectivity index (χ2n) is 4.77. The lowest BCUT2D eigenvalue weighted by atomic mass is 10.3. The molecule has 3 rings (SSSR count). The van der Waals surface area contributed by atoms with Gasteiger partial charge in [0.05, 0.1) is 24.4 Å². The number of nitrogens with one attached hydrogen (secondary N) is 1. The lowest BCUT2D eigenvalue weighted by molar-refractivity contribution is 0.102. The van der Waals surface area contributed by atoms with Crippen LogP contribution in [0.2, 0.25) is 0 Å². The van der Waals surface area contributed by atoms with E-state index in [4.69, 9.17) is 4.74 Å². The lowest BCUT2D eigenvalue weighted by Gasteiger charge is -2.03. The summed E-state index contributed by atoms with van der Waals surface area (Å²) in [6, 6.07) is 5.61. The second kappa shape index (κ2) is 7.12. The van der Waals surface area contributed by atoms with Crippen molar-refractivity contribution in [2.75, 3.05) is 12.4 Å². The average Bonchev–Trinajstić information content (AvgIpc) is 3.18. The van der Waals surface area contributed by atoms with Crippen LogP contribution < -0.4 is 5.32 Å². The van der Waals surface area contributed by atoms with Crippen LogP contribution in [0.3, 0.4) is 0 Å². The normalized spacial score (nSPS) is 10.7. The van der Waals surface area contributed by atoms with E-state index in [0.29, 0.717) is 29.5 Å². The minimum atomic E-state index is -0.228. The summed E-state index contributed by atoms with van der Waals surface area (Å²) >= 11 is 1.28. The first kappa shape index (κ1) is 15.3. The van der Waals surface area contributed by atoms with Crippen LogP contribution in [-0.2, 0) is 17.9 Å². The van der Waals surface area contributed by atoms with Crippen LogP contribution in [0.15, 0.2) is 42.3 Å². The number of pyridine rings is 1. The zero-order valence-electron chi connectivity index (χ0n) is 12.5. The Morgan fingerprint density at radius 1 is 1.35 bits per heavy atom. The van der Waals surface area contributed by atoms with Crippen molar-refractivity contribution < 1.29 is 9.53 Å². The van der Waals surface area contributed by atoms with Crippen molar-refractivity contribution in [3.63, 3.8) is 0 Å². The van der Waals surface area contributed by atoms with Gasteiger partial charge in [0.1, 0.15) is 4.88 Å². The van der Waals surface area contributed by atoms with Crippen LogP contribution in [0, 0.1) is 0 Å². The number of amides is 1. The first-order chi connectivity index (χ1) is 11.3. The highest BCUT2D eigenvalue weighted by Crippen LogP contribution is 2.16. The third kappa shape index (κ3) is 3.79. The van der Waals surface area contributed by atoms with Crippen molar-refractivity contribution in [3.8, 4) is 0 Å². The van der Waals surface area contributed by atoms with E-state index in [1.165, 1.54) is 11.3 Å². The largest absolute Gasteiger partial charge is 0.378 e. The van der Waals surface area contributed by atoms with E-state index in [1.54, 1.807) is 35.8 Å². The van der Waals surface area contributed by atoms with E-state index < -0.39 is 0 Å². The maximum absolute atomic E-state index is 12.3. The van der Waals surface area contributed by atoms with E-state index in [-0.39, 0.29) is 5.91 Å². The highest BCUT2D eigenvalue weighted by Gasteiger charge is 2.15. The fourth-order valence-corrected chi connectivity index (χ4v) is 2.75. The smallest absolute Gasteiger partial charge is 0.268 e. The average molecular weight is 329 g/mol. The highest BCUT2D eigenvalue weighted by molar-refractivity contribution is 7.12. The monoisotopic (exact) mass is 329 g/mol. The second-order valence-corrected chi connectivity index (χ2v) is 5.62. The van der Waals surface area contributed by atoms with Crippen molar-refractivity contribution in [1.29, 1.82) is 0 Å². The highest BCUT2D eigenvalue weighted by atomic mass is 32.1. The number of nitrogens with zero attached hydrogens (tertiary/aromatic N) is 4. The molecule has 0 bridgehead atoms. The Morgan fingerprint density at radius 3 is 2.96 bits per heavy atom. The summed E-state index contributed by atoms with van der Waals surface area (Å²) in [6.07, 6.45) is 5.30. The Hall–Kier alpha value is -2.58. The van der Waals surface area contributed by atoms with Gasteiger partial charge in [0.2, 0.25) is 0 Å².